The van der Waals surface area contributed by atoms with Gasteiger partial charge in [-0.3, -0.25) is 9.69 Å². The molecule has 1 amide bonds. The Bertz CT molecular complexity index is 746. The molecule has 0 bridgehead atoms. The van der Waals surface area contributed by atoms with Crippen LogP contribution >= 0.6 is 11.3 Å². The Kier molecular flexibility index (Phi) is 4.44. The van der Waals surface area contributed by atoms with Crippen molar-refractivity contribution in [3.05, 3.63) is 65.1 Å². The Morgan fingerprint density at radius 3 is 2.92 bits per heavy atom. The third-order valence-corrected chi connectivity index (χ3v) is 6.31. The molecule has 4 rings (SSSR count). The Morgan fingerprint density at radius 1 is 1.36 bits per heavy atom. The zero-order valence-electron chi connectivity index (χ0n) is 14.3. The molecule has 1 spiro atoms. The van der Waals surface area contributed by atoms with E-state index in [9.17, 15) is 4.79 Å². The molecule has 0 saturated carbocycles. The number of benzene rings is 1. The first-order chi connectivity index (χ1) is 12.2. The van der Waals surface area contributed by atoms with Crippen molar-refractivity contribution >= 4 is 17.2 Å². The van der Waals surface area contributed by atoms with Gasteiger partial charge in [-0.25, -0.2) is 4.98 Å². The molecular weight excluding hydrogens is 330 g/mol. The van der Waals surface area contributed by atoms with Crippen LogP contribution in [0.15, 0.2) is 54.6 Å². The maximum atomic E-state index is 13.3. The van der Waals surface area contributed by atoms with Gasteiger partial charge in [0.25, 0.3) is 0 Å². The largest absolute Gasteiger partial charge is 0.338 e. The monoisotopic (exact) mass is 353 g/mol. The molecule has 130 valence electrons. The highest BCUT2D eigenvalue weighted by molar-refractivity contribution is 7.09. The Hall–Kier alpha value is -1.98. The van der Waals surface area contributed by atoms with Crippen LogP contribution < -0.4 is 0 Å². The minimum absolute atomic E-state index is 0.246. The molecule has 4 nitrogen and oxygen atoms in total. The van der Waals surface area contributed by atoms with Crippen LogP contribution in [0.4, 0.5) is 0 Å². The van der Waals surface area contributed by atoms with Gasteiger partial charge in [-0.1, -0.05) is 36.4 Å². The van der Waals surface area contributed by atoms with Gasteiger partial charge in [0.2, 0.25) is 5.91 Å². The molecule has 0 unspecified atom stereocenters. The van der Waals surface area contributed by atoms with Crippen LogP contribution in [-0.2, 0) is 11.3 Å². The number of amides is 1. The highest BCUT2D eigenvalue weighted by Gasteiger charge is 2.56. The van der Waals surface area contributed by atoms with Crippen molar-refractivity contribution in [2.24, 2.45) is 5.41 Å². The minimum atomic E-state index is -0.304. The number of hydrogen-bond acceptors (Lipinski definition) is 4. The highest BCUT2D eigenvalue weighted by Crippen LogP contribution is 2.50. The fourth-order valence-electron chi connectivity index (χ4n) is 4.42. The van der Waals surface area contributed by atoms with Crippen LogP contribution in [0.2, 0.25) is 0 Å². The first-order valence-electron chi connectivity index (χ1n) is 8.79. The van der Waals surface area contributed by atoms with E-state index in [1.165, 1.54) is 5.56 Å². The van der Waals surface area contributed by atoms with Crippen molar-refractivity contribution in [1.29, 1.82) is 0 Å². The summed E-state index contributed by atoms with van der Waals surface area (Å²) in [7, 11) is 0. The van der Waals surface area contributed by atoms with Crippen LogP contribution in [-0.4, -0.2) is 46.9 Å². The fraction of sp³-hybridized carbons (Fsp3) is 0.400. The van der Waals surface area contributed by atoms with E-state index in [0.29, 0.717) is 12.5 Å². The van der Waals surface area contributed by atoms with E-state index >= 15 is 0 Å². The summed E-state index contributed by atoms with van der Waals surface area (Å²) in [6.07, 6.45) is 4.61. The summed E-state index contributed by atoms with van der Waals surface area (Å²) in [4.78, 5) is 22.1. The van der Waals surface area contributed by atoms with Crippen molar-refractivity contribution in [2.75, 3.05) is 26.2 Å². The van der Waals surface area contributed by atoms with E-state index < -0.39 is 0 Å². The molecule has 2 aliphatic heterocycles. The lowest BCUT2D eigenvalue weighted by atomic mass is 9.73. The number of thiazole rings is 1. The minimum Gasteiger partial charge on any atom is -0.338 e. The fourth-order valence-corrected chi connectivity index (χ4v) is 5.07. The molecule has 1 aromatic heterocycles. The van der Waals surface area contributed by atoms with E-state index in [4.69, 9.17) is 0 Å². The van der Waals surface area contributed by atoms with Gasteiger partial charge in [0.1, 0.15) is 5.01 Å². The zero-order chi connectivity index (χ0) is 17.3. The molecule has 3 heterocycles. The second kappa shape index (κ2) is 6.73. The number of nitrogens with zero attached hydrogens (tertiary/aromatic N) is 3. The van der Waals surface area contributed by atoms with Crippen LogP contribution in [0, 0.1) is 5.41 Å². The SMILES string of the molecule is C=CCN1CC[C@@]2(CN(Cc3nccs3)C[C@H]2c2ccccc2)C1=O. The molecule has 5 heteroatoms. The lowest BCUT2D eigenvalue weighted by molar-refractivity contribution is -0.135. The van der Waals surface area contributed by atoms with Crippen molar-refractivity contribution in [3.63, 3.8) is 0 Å². The number of rotatable bonds is 5. The summed E-state index contributed by atoms with van der Waals surface area (Å²) in [6, 6.07) is 10.5. The van der Waals surface area contributed by atoms with E-state index in [0.717, 1.165) is 37.6 Å². The second-order valence-electron chi connectivity index (χ2n) is 7.00. The lowest BCUT2D eigenvalue weighted by Gasteiger charge is -2.29. The van der Waals surface area contributed by atoms with Gasteiger partial charge in [-0.2, -0.15) is 0 Å². The molecule has 0 aliphatic carbocycles. The smallest absolute Gasteiger partial charge is 0.231 e. The van der Waals surface area contributed by atoms with E-state index in [-0.39, 0.29) is 11.3 Å². The molecule has 25 heavy (non-hydrogen) atoms. The van der Waals surface area contributed by atoms with Crippen LogP contribution in [0.3, 0.4) is 0 Å². The summed E-state index contributed by atoms with van der Waals surface area (Å²) >= 11 is 1.69. The molecule has 2 aromatic rings. The van der Waals surface area contributed by atoms with E-state index in [2.05, 4.69) is 40.7 Å². The van der Waals surface area contributed by atoms with Gasteiger partial charge in [-0.05, 0) is 12.0 Å². The average Bonchev–Trinajstić information content (AvgIpc) is 3.34. The number of carbonyl (C=O) groups is 1. The van der Waals surface area contributed by atoms with Gasteiger partial charge in [0, 0.05) is 43.7 Å². The van der Waals surface area contributed by atoms with Crippen LogP contribution in [0.5, 0.6) is 0 Å². The summed E-state index contributed by atoms with van der Waals surface area (Å²) in [5, 5.41) is 3.14. The Labute approximate surface area is 152 Å². The highest BCUT2D eigenvalue weighted by atomic mass is 32.1. The first-order valence-corrected chi connectivity index (χ1v) is 9.67. The second-order valence-corrected chi connectivity index (χ2v) is 7.98. The molecule has 0 radical (unpaired) electrons. The van der Waals surface area contributed by atoms with Gasteiger partial charge >= 0.3 is 0 Å². The predicted molar refractivity (Wildman–Crippen MR) is 100 cm³/mol. The average molecular weight is 353 g/mol. The third-order valence-electron chi connectivity index (χ3n) is 5.55. The standard InChI is InChI=1S/C20H23N3OS/c1-2-10-23-11-8-20(19(23)24)15-22(14-18-21-9-12-25-18)13-17(20)16-6-4-3-5-7-16/h2-7,9,12,17H,1,8,10-11,13-15H2/t17-,20-/m0/s1. The van der Waals surface area contributed by atoms with Gasteiger partial charge in [0.05, 0.1) is 12.0 Å². The normalized spacial score (nSPS) is 26.6. The lowest BCUT2D eigenvalue weighted by Crippen LogP contribution is -2.39. The van der Waals surface area contributed by atoms with Crippen molar-refractivity contribution in [2.45, 2.75) is 18.9 Å². The number of carbonyl (C=O) groups excluding carboxylic acids is 1. The quantitative estimate of drug-likeness (QED) is 0.775. The van der Waals surface area contributed by atoms with Crippen LogP contribution in [0.25, 0.3) is 0 Å². The van der Waals surface area contributed by atoms with Gasteiger partial charge in [-0.15, -0.1) is 17.9 Å². The van der Waals surface area contributed by atoms with E-state index in [1.807, 2.05) is 28.6 Å². The summed E-state index contributed by atoms with van der Waals surface area (Å²) in [6.45, 7) is 7.85. The Balaban J connectivity index is 1.64. The molecule has 2 aliphatic rings. The first kappa shape index (κ1) is 16.5. The summed E-state index contributed by atoms with van der Waals surface area (Å²) in [5.41, 5.74) is 0.972. The number of hydrogen-bond donors (Lipinski definition) is 0. The van der Waals surface area contributed by atoms with Crippen molar-refractivity contribution in [3.8, 4) is 0 Å². The van der Waals surface area contributed by atoms with Gasteiger partial charge < -0.3 is 4.90 Å². The predicted octanol–water partition coefficient (Wildman–Crippen LogP) is 3.15. The van der Waals surface area contributed by atoms with Crippen LogP contribution in [0.1, 0.15) is 22.9 Å². The number of aromatic nitrogens is 1. The zero-order valence-corrected chi connectivity index (χ0v) is 15.1. The maximum Gasteiger partial charge on any atom is 0.231 e. The number of likely N-dealkylation sites (tertiary alicyclic amines) is 2. The van der Waals surface area contributed by atoms with Crippen molar-refractivity contribution in [1.82, 2.24) is 14.8 Å². The topological polar surface area (TPSA) is 36.4 Å². The van der Waals surface area contributed by atoms with Crippen molar-refractivity contribution < 1.29 is 4.79 Å². The third kappa shape index (κ3) is 2.92. The molecule has 2 fully saturated rings. The molecular formula is C20H23N3OS. The molecule has 0 N–H and O–H groups in total. The van der Waals surface area contributed by atoms with E-state index in [1.54, 1.807) is 11.3 Å². The van der Waals surface area contributed by atoms with Gasteiger partial charge in [0.15, 0.2) is 0 Å². The molecule has 2 atom stereocenters. The summed E-state index contributed by atoms with van der Waals surface area (Å²) in [5.74, 6) is 0.541. The Morgan fingerprint density at radius 2 is 2.20 bits per heavy atom. The molecule has 2 saturated heterocycles. The maximum absolute atomic E-state index is 13.3. The molecule has 1 aromatic carbocycles. The summed E-state index contributed by atoms with van der Waals surface area (Å²) < 4.78 is 0.